The second-order valence-corrected chi connectivity index (χ2v) is 4.16. The standard InChI is InChI=1S/C14H13F3N2O2/c1-20-13-8-10(5-6-12(13)18)19-9-3-2-4-11(7-9)21-14(15,16)17/h2-8,19H,18H2,1H3. The molecule has 0 amide bonds. The minimum atomic E-state index is -4.72. The highest BCUT2D eigenvalue weighted by molar-refractivity contribution is 5.67. The fourth-order valence-corrected chi connectivity index (χ4v) is 1.73. The topological polar surface area (TPSA) is 56.5 Å². The van der Waals surface area contributed by atoms with E-state index in [1.807, 2.05) is 0 Å². The Labute approximate surface area is 119 Å². The van der Waals surface area contributed by atoms with Crippen molar-refractivity contribution in [1.82, 2.24) is 0 Å². The quantitative estimate of drug-likeness (QED) is 0.840. The number of benzene rings is 2. The highest BCUT2D eigenvalue weighted by atomic mass is 19.4. The third-order valence-electron chi connectivity index (χ3n) is 2.59. The monoisotopic (exact) mass is 298 g/mol. The Hall–Kier alpha value is -2.57. The molecule has 0 aliphatic rings. The maximum Gasteiger partial charge on any atom is 0.573 e. The van der Waals surface area contributed by atoms with Gasteiger partial charge in [0.25, 0.3) is 0 Å². The summed E-state index contributed by atoms with van der Waals surface area (Å²) in [5, 5.41) is 2.95. The molecule has 0 aliphatic carbocycles. The second kappa shape index (κ2) is 5.82. The fourth-order valence-electron chi connectivity index (χ4n) is 1.73. The summed E-state index contributed by atoms with van der Waals surface area (Å²) < 4.78 is 45.4. The molecule has 0 heterocycles. The number of alkyl halides is 3. The van der Waals surface area contributed by atoms with Gasteiger partial charge < -0.3 is 20.5 Å². The van der Waals surface area contributed by atoms with Crippen molar-refractivity contribution in [3.63, 3.8) is 0 Å². The first-order valence-electron chi connectivity index (χ1n) is 5.94. The molecular formula is C14H13F3N2O2. The summed E-state index contributed by atoms with van der Waals surface area (Å²) in [6, 6.07) is 10.5. The molecule has 7 heteroatoms. The molecule has 0 saturated carbocycles. The van der Waals surface area contributed by atoms with Crippen LogP contribution in [0.25, 0.3) is 0 Å². The van der Waals surface area contributed by atoms with Crippen LogP contribution < -0.4 is 20.5 Å². The Balaban J connectivity index is 2.18. The minimum Gasteiger partial charge on any atom is -0.495 e. The number of anilines is 3. The van der Waals surface area contributed by atoms with Gasteiger partial charge >= 0.3 is 6.36 Å². The van der Waals surface area contributed by atoms with Crippen LogP contribution in [0.5, 0.6) is 11.5 Å². The molecule has 2 rings (SSSR count). The van der Waals surface area contributed by atoms with Crippen LogP contribution in [0.1, 0.15) is 0 Å². The van der Waals surface area contributed by atoms with Gasteiger partial charge in [0.05, 0.1) is 12.8 Å². The lowest BCUT2D eigenvalue weighted by molar-refractivity contribution is -0.274. The van der Waals surface area contributed by atoms with Gasteiger partial charge in [0, 0.05) is 23.5 Å². The van der Waals surface area contributed by atoms with Crippen molar-refractivity contribution >= 4 is 17.1 Å². The van der Waals surface area contributed by atoms with E-state index < -0.39 is 6.36 Å². The second-order valence-electron chi connectivity index (χ2n) is 4.16. The Morgan fingerprint density at radius 2 is 1.76 bits per heavy atom. The van der Waals surface area contributed by atoms with Crippen molar-refractivity contribution in [3.8, 4) is 11.5 Å². The number of ether oxygens (including phenoxy) is 2. The molecule has 3 N–H and O–H groups in total. The van der Waals surface area contributed by atoms with Gasteiger partial charge in [0.1, 0.15) is 11.5 Å². The molecule has 0 fully saturated rings. The Morgan fingerprint density at radius 1 is 1.05 bits per heavy atom. The van der Waals surface area contributed by atoms with Gasteiger partial charge in [0.15, 0.2) is 0 Å². The summed E-state index contributed by atoms with van der Waals surface area (Å²) in [5.74, 6) is 0.178. The van der Waals surface area contributed by atoms with E-state index in [4.69, 9.17) is 10.5 Å². The summed E-state index contributed by atoms with van der Waals surface area (Å²) in [4.78, 5) is 0. The lowest BCUT2D eigenvalue weighted by Gasteiger charge is -2.12. The van der Waals surface area contributed by atoms with Crippen molar-refractivity contribution in [2.75, 3.05) is 18.2 Å². The Bertz CT molecular complexity index is 630. The molecule has 0 bridgehead atoms. The highest BCUT2D eigenvalue weighted by Crippen LogP contribution is 2.29. The maximum atomic E-state index is 12.2. The molecule has 0 radical (unpaired) electrons. The molecule has 2 aromatic rings. The zero-order chi connectivity index (χ0) is 15.5. The van der Waals surface area contributed by atoms with Crippen LogP contribution >= 0.6 is 0 Å². The number of hydrogen-bond donors (Lipinski definition) is 2. The van der Waals surface area contributed by atoms with Crippen LogP contribution in [-0.4, -0.2) is 13.5 Å². The number of hydrogen-bond acceptors (Lipinski definition) is 4. The van der Waals surface area contributed by atoms with Crippen molar-refractivity contribution in [2.45, 2.75) is 6.36 Å². The number of methoxy groups -OCH3 is 1. The van der Waals surface area contributed by atoms with E-state index >= 15 is 0 Å². The normalized spacial score (nSPS) is 11.0. The summed E-state index contributed by atoms with van der Waals surface area (Å²) in [6.07, 6.45) is -4.72. The molecule has 0 saturated heterocycles. The molecule has 0 aliphatic heterocycles. The maximum absolute atomic E-state index is 12.2. The number of nitrogen functional groups attached to an aromatic ring is 1. The van der Waals surface area contributed by atoms with Crippen LogP contribution in [0.3, 0.4) is 0 Å². The van der Waals surface area contributed by atoms with Crippen LogP contribution in [0.2, 0.25) is 0 Å². The minimum absolute atomic E-state index is 0.296. The fraction of sp³-hybridized carbons (Fsp3) is 0.143. The lowest BCUT2D eigenvalue weighted by Crippen LogP contribution is -2.17. The van der Waals surface area contributed by atoms with E-state index in [0.717, 1.165) is 0 Å². The van der Waals surface area contributed by atoms with Crippen molar-refractivity contribution < 1.29 is 22.6 Å². The number of rotatable bonds is 4. The molecule has 0 atom stereocenters. The zero-order valence-corrected chi connectivity index (χ0v) is 11.1. The first kappa shape index (κ1) is 14.8. The van der Waals surface area contributed by atoms with E-state index in [0.29, 0.717) is 22.8 Å². The number of halogens is 3. The van der Waals surface area contributed by atoms with Gasteiger partial charge in [-0.3, -0.25) is 0 Å². The van der Waals surface area contributed by atoms with E-state index in [1.165, 1.54) is 25.3 Å². The SMILES string of the molecule is COc1cc(Nc2cccc(OC(F)(F)F)c2)ccc1N. The summed E-state index contributed by atoms with van der Waals surface area (Å²) in [7, 11) is 1.48. The van der Waals surface area contributed by atoms with Gasteiger partial charge in [-0.25, -0.2) is 0 Å². The first-order chi connectivity index (χ1) is 9.87. The van der Waals surface area contributed by atoms with E-state index in [1.54, 1.807) is 24.3 Å². The van der Waals surface area contributed by atoms with E-state index in [2.05, 4.69) is 10.1 Å². The van der Waals surface area contributed by atoms with Gasteiger partial charge in [-0.1, -0.05) is 6.07 Å². The van der Waals surface area contributed by atoms with Crippen molar-refractivity contribution in [3.05, 3.63) is 42.5 Å². The van der Waals surface area contributed by atoms with E-state index in [9.17, 15) is 13.2 Å². The lowest BCUT2D eigenvalue weighted by atomic mass is 10.2. The molecule has 2 aromatic carbocycles. The van der Waals surface area contributed by atoms with Crippen molar-refractivity contribution in [2.24, 2.45) is 0 Å². The smallest absolute Gasteiger partial charge is 0.495 e. The predicted molar refractivity (Wildman–Crippen MR) is 73.8 cm³/mol. The Kier molecular flexibility index (Phi) is 4.11. The summed E-state index contributed by atoms with van der Waals surface area (Å²) >= 11 is 0. The molecule has 0 aromatic heterocycles. The molecule has 0 unspecified atom stereocenters. The summed E-state index contributed by atoms with van der Waals surface area (Å²) in [6.45, 7) is 0. The molecule has 21 heavy (non-hydrogen) atoms. The van der Waals surface area contributed by atoms with Crippen LogP contribution in [0, 0.1) is 0 Å². The molecule has 4 nitrogen and oxygen atoms in total. The van der Waals surface area contributed by atoms with E-state index in [-0.39, 0.29) is 5.75 Å². The first-order valence-corrected chi connectivity index (χ1v) is 5.94. The van der Waals surface area contributed by atoms with Crippen molar-refractivity contribution in [1.29, 1.82) is 0 Å². The zero-order valence-electron chi connectivity index (χ0n) is 11.1. The van der Waals surface area contributed by atoms with Crippen LogP contribution in [-0.2, 0) is 0 Å². The molecular weight excluding hydrogens is 285 g/mol. The predicted octanol–water partition coefficient (Wildman–Crippen LogP) is 3.92. The van der Waals surface area contributed by atoms with Gasteiger partial charge in [-0.15, -0.1) is 13.2 Å². The average Bonchev–Trinajstić information content (AvgIpc) is 2.39. The van der Waals surface area contributed by atoms with Crippen LogP contribution in [0.4, 0.5) is 30.2 Å². The average molecular weight is 298 g/mol. The number of nitrogens with two attached hydrogens (primary N) is 1. The third-order valence-corrected chi connectivity index (χ3v) is 2.59. The Morgan fingerprint density at radius 3 is 2.43 bits per heavy atom. The summed E-state index contributed by atoms with van der Waals surface area (Å²) in [5.41, 5.74) is 7.24. The third kappa shape index (κ3) is 4.20. The van der Waals surface area contributed by atoms with Gasteiger partial charge in [0.2, 0.25) is 0 Å². The number of nitrogens with one attached hydrogen (secondary N) is 1. The highest BCUT2D eigenvalue weighted by Gasteiger charge is 2.31. The van der Waals surface area contributed by atoms with Gasteiger partial charge in [-0.2, -0.15) is 0 Å². The van der Waals surface area contributed by atoms with Gasteiger partial charge in [-0.05, 0) is 24.3 Å². The molecule has 0 spiro atoms. The molecule has 112 valence electrons. The largest absolute Gasteiger partial charge is 0.573 e. The van der Waals surface area contributed by atoms with Crippen LogP contribution in [0.15, 0.2) is 42.5 Å².